The summed E-state index contributed by atoms with van der Waals surface area (Å²) in [5, 5.41) is 6.27. The Morgan fingerprint density at radius 3 is 2.42 bits per heavy atom. The van der Waals surface area contributed by atoms with Gasteiger partial charge < -0.3 is 25.0 Å². The fraction of sp³-hybridized carbons (Fsp3) is 0.633. The molecule has 6 rings (SSSR count). The quantitative estimate of drug-likeness (QED) is 0.555. The van der Waals surface area contributed by atoms with Gasteiger partial charge in [-0.1, -0.05) is 51.2 Å². The molecule has 1 spiro atoms. The number of methoxy groups -OCH3 is 1. The molecule has 2 saturated heterocycles. The maximum atomic E-state index is 14.3. The fourth-order valence-electron chi connectivity index (χ4n) is 7.70. The number of nitrogens with zero attached hydrogens (tertiary/aromatic N) is 1. The molecule has 8 heteroatoms. The van der Waals surface area contributed by atoms with Crippen LogP contribution in [0.4, 0.5) is 5.69 Å². The number of carbonyl (C=O) groups is 3. The van der Waals surface area contributed by atoms with Crippen LogP contribution in [0.5, 0.6) is 5.75 Å². The Morgan fingerprint density at radius 2 is 1.71 bits per heavy atom. The minimum Gasteiger partial charge on any atom is -0.497 e. The van der Waals surface area contributed by atoms with Crippen molar-refractivity contribution < 1.29 is 23.9 Å². The van der Waals surface area contributed by atoms with E-state index in [0.717, 1.165) is 51.4 Å². The highest BCUT2D eigenvalue weighted by atomic mass is 16.5. The van der Waals surface area contributed by atoms with Crippen LogP contribution in [-0.4, -0.2) is 59.6 Å². The standard InChI is InChI=1S/C30H39N3O5/c1-18-8-6-7-11-22(18)33-26(28(35)32-19-9-4-3-5-10-19)30-17-16-23(38-30)24(25(30)29(33)36)27(34)31-20-12-14-21(37-2)15-13-20/h12-19,22-26H,3-11H2,1-2H3,(H,31,34)(H,32,35)/t18-,22+,23-,24+,25-,26-,30-/m0/s1. The largest absolute Gasteiger partial charge is 0.497 e. The lowest BCUT2D eigenvalue weighted by molar-refractivity contribution is -0.146. The normalized spacial score (nSPS) is 36.3. The van der Waals surface area contributed by atoms with Crippen LogP contribution < -0.4 is 15.4 Å². The van der Waals surface area contributed by atoms with Crippen molar-refractivity contribution in [2.45, 2.75) is 94.5 Å². The Kier molecular flexibility index (Phi) is 6.70. The smallest absolute Gasteiger partial charge is 0.246 e. The second-order valence-electron chi connectivity index (χ2n) is 11.8. The van der Waals surface area contributed by atoms with Gasteiger partial charge in [0, 0.05) is 17.8 Å². The number of fused-ring (bicyclic) bond motifs is 1. The molecule has 0 aromatic heterocycles. The Hall–Kier alpha value is -2.87. The molecule has 8 nitrogen and oxygen atoms in total. The predicted octanol–water partition coefficient (Wildman–Crippen LogP) is 3.81. The summed E-state index contributed by atoms with van der Waals surface area (Å²) < 4.78 is 11.7. The summed E-state index contributed by atoms with van der Waals surface area (Å²) >= 11 is 0. The fourth-order valence-corrected chi connectivity index (χ4v) is 7.70. The van der Waals surface area contributed by atoms with E-state index >= 15 is 0 Å². The van der Waals surface area contributed by atoms with E-state index < -0.39 is 29.6 Å². The van der Waals surface area contributed by atoms with Crippen molar-refractivity contribution in [2.75, 3.05) is 12.4 Å². The highest BCUT2D eigenvalue weighted by Gasteiger charge is 2.73. The molecule has 3 amide bonds. The summed E-state index contributed by atoms with van der Waals surface area (Å²) in [4.78, 5) is 43.8. The number of hydrogen-bond acceptors (Lipinski definition) is 5. The molecule has 7 atom stereocenters. The van der Waals surface area contributed by atoms with Gasteiger partial charge in [-0.15, -0.1) is 0 Å². The summed E-state index contributed by atoms with van der Waals surface area (Å²) in [5.74, 6) is -0.921. The van der Waals surface area contributed by atoms with E-state index in [1.54, 1.807) is 31.4 Å². The molecule has 38 heavy (non-hydrogen) atoms. The van der Waals surface area contributed by atoms with E-state index in [9.17, 15) is 14.4 Å². The topological polar surface area (TPSA) is 97.0 Å². The first-order chi connectivity index (χ1) is 18.4. The molecular formula is C30H39N3O5. The third-order valence-electron chi connectivity index (χ3n) is 9.60. The van der Waals surface area contributed by atoms with Crippen molar-refractivity contribution in [1.29, 1.82) is 0 Å². The van der Waals surface area contributed by atoms with Gasteiger partial charge in [0.25, 0.3) is 0 Å². The summed E-state index contributed by atoms with van der Waals surface area (Å²) in [6.07, 6.45) is 12.7. The zero-order valence-corrected chi connectivity index (χ0v) is 22.4. The van der Waals surface area contributed by atoms with Crippen LogP contribution in [0.15, 0.2) is 36.4 Å². The van der Waals surface area contributed by atoms with E-state index in [0.29, 0.717) is 17.4 Å². The number of benzene rings is 1. The maximum absolute atomic E-state index is 14.3. The number of rotatable bonds is 6. The van der Waals surface area contributed by atoms with Crippen molar-refractivity contribution in [1.82, 2.24) is 10.2 Å². The predicted molar refractivity (Wildman–Crippen MR) is 142 cm³/mol. The van der Waals surface area contributed by atoms with E-state index in [4.69, 9.17) is 9.47 Å². The number of likely N-dealkylation sites (tertiary alicyclic amines) is 1. The van der Waals surface area contributed by atoms with Crippen molar-refractivity contribution in [3.05, 3.63) is 36.4 Å². The molecule has 2 aliphatic carbocycles. The van der Waals surface area contributed by atoms with Gasteiger partial charge in [-0.3, -0.25) is 14.4 Å². The number of amides is 3. The number of hydrogen-bond donors (Lipinski definition) is 2. The molecule has 5 aliphatic rings. The number of anilines is 1. The van der Waals surface area contributed by atoms with Gasteiger partial charge in [0.2, 0.25) is 17.7 Å². The number of nitrogens with one attached hydrogen (secondary N) is 2. The molecule has 2 saturated carbocycles. The molecule has 0 radical (unpaired) electrons. The van der Waals surface area contributed by atoms with Crippen LogP contribution in [0.1, 0.15) is 64.7 Å². The van der Waals surface area contributed by atoms with Crippen LogP contribution in [0.25, 0.3) is 0 Å². The lowest BCUT2D eigenvalue weighted by Crippen LogP contribution is -2.59. The Balaban J connectivity index is 1.31. The molecular weight excluding hydrogens is 482 g/mol. The third kappa shape index (κ3) is 4.12. The minimum absolute atomic E-state index is 0.0281. The van der Waals surface area contributed by atoms with E-state index in [2.05, 4.69) is 17.6 Å². The molecule has 1 aromatic rings. The van der Waals surface area contributed by atoms with Gasteiger partial charge in [-0.2, -0.15) is 0 Å². The first-order valence-electron chi connectivity index (χ1n) is 14.4. The Labute approximate surface area is 224 Å². The third-order valence-corrected chi connectivity index (χ3v) is 9.60. The molecule has 204 valence electrons. The van der Waals surface area contributed by atoms with Crippen molar-refractivity contribution in [3.8, 4) is 5.75 Å². The second kappa shape index (κ2) is 10.0. The molecule has 3 aliphatic heterocycles. The summed E-state index contributed by atoms with van der Waals surface area (Å²) in [6, 6.07) is 6.48. The van der Waals surface area contributed by atoms with Gasteiger partial charge >= 0.3 is 0 Å². The van der Waals surface area contributed by atoms with Gasteiger partial charge in [0.1, 0.15) is 17.4 Å². The van der Waals surface area contributed by atoms with E-state index in [-0.39, 0.29) is 29.8 Å². The highest BCUT2D eigenvalue weighted by Crippen LogP contribution is 2.56. The van der Waals surface area contributed by atoms with Crippen LogP contribution in [0.2, 0.25) is 0 Å². The monoisotopic (exact) mass is 521 g/mol. The first kappa shape index (κ1) is 25.4. The summed E-state index contributed by atoms with van der Waals surface area (Å²) in [5.41, 5.74) is -0.481. The second-order valence-corrected chi connectivity index (χ2v) is 11.8. The average Bonchev–Trinajstić information content (AvgIpc) is 3.57. The molecule has 2 N–H and O–H groups in total. The first-order valence-corrected chi connectivity index (χ1v) is 14.4. The van der Waals surface area contributed by atoms with Gasteiger partial charge in [-0.25, -0.2) is 0 Å². The molecule has 4 fully saturated rings. The lowest BCUT2D eigenvalue weighted by atomic mass is 9.74. The Morgan fingerprint density at radius 1 is 1.00 bits per heavy atom. The number of carbonyl (C=O) groups excluding carboxylic acids is 3. The van der Waals surface area contributed by atoms with E-state index in [1.165, 1.54) is 6.42 Å². The number of ether oxygens (including phenoxy) is 2. The average molecular weight is 522 g/mol. The summed E-state index contributed by atoms with van der Waals surface area (Å²) in [6.45, 7) is 2.18. The van der Waals surface area contributed by atoms with Crippen LogP contribution in [0, 0.1) is 17.8 Å². The maximum Gasteiger partial charge on any atom is 0.246 e. The molecule has 1 aromatic carbocycles. The molecule has 2 bridgehead atoms. The van der Waals surface area contributed by atoms with E-state index in [1.807, 2.05) is 17.1 Å². The van der Waals surface area contributed by atoms with Crippen LogP contribution in [-0.2, 0) is 19.1 Å². The van der Waals surface area contributed by atoms with Gasteiger partial charge in [0.05, 0.1) is 25.0 Å². The SMILES string of the molecule is COc1ccc(NC(=O)[C@@H]2[C@@H]3C=C[C@]4(O3)[C@@H]2C(=O)N([C@@H]2CCCC[C@@H]2C)[C@H]4C(=O)NC2CCCCC2)cc1. The van der Waals surface area contributed by atoms with Crippen molar-refractivity contribution in [3.63, 3.8) is 0 Å². The van der Waals surface area contributed by atoms with Gasteiger partial charge in [-0.05, 0) is 55.9 Å². The van der Waals surface area contributed by atoms with Crippen molar-refractivity contribution in [2.24, 2.45) is 17.8 Å². The van der Waals surface area contributed by atoms with Crippen LogP contribution in [0.3, 0.4) is 0 Å². The van der Waals surface area contributed by atoms with Crippen molar-refractivity contribution >= 4 is 23.4 Å². The summed E-state index contributed by atoms with van der Waals surface area (Å²) in [7, 11) is 1.59. The molecule has 0 unspecified atom stereocenters. The zero-order chi connectivity index (χ0) is 26.4. The minimum atomic E-state index is -1.11. The lowest BCUT2D eigenvalue weighted by Gasteiger charge is -2.42. The Bertz CT molecular complexity index is 1110. The zero-order valence-electron chi connectivity index (χ0n) is 22.4. The highest BCUT2D eigenvalue weighted by molar-refractivity contribution is 6.03. The molecule has 3 heterocycles. The van der Waals surface area contributed by atoms with Crippen LogP contribution >= 0.6 is 0 Å². The van der Waals surface area contributed by atoms with Gasteiger partial charge in [0.15, 0.2) is 0 Å².